The molecule has 0 saturated carbocycles. The van der Waals surface area contributed by atoms with Gasteiger partial charge in [0.2, 0.25) is 0 Å². The Hall–Kier alpha value is 0.0969. The largest absolute Gasteiger partial charge is 0.849 e. The molecule has 1 aliphatic rings. The van der Waals surface area contributed by atoms with Crippen LogP contribution in [-0.2, 0) is 4.43 Å². The molecule has 48 valence electrons. The van der Waals surface area contributed by atoms with Crippen LogP contribution in [0.3, 0.4) is 0 Å². The molecule has 0 spiro atoms. The van der Waals surface area contributed by atoms with Crippen molar-refractivity contribution in [1.29, 1.82) is 0 Å². The maximum absolute atomic E-state index is 10.5. The van der Waals surface area contributed by atoms with Gasteiger partial charge in [0.25, 0.3) is 0 Å². The predicted octanol–water partition coefficient (Wildman–Crippen LogP) is -1.54. The summed E-state index contributed by atoms with van der Waals surface area (Å²) >= 11 is 0. The number of hydrogen-bond donors (Lipinski definition) is 0. The molecular weight excluding hydrogens is 124 g/mol. The second-order valence-electron chi connectivity index (χ2n) is 1.99. The summed E-state index contributed by atoms with van der Waals surface area (Å²) in [5.74, 6) is 0. The lowest BCUT2D eigenvalue weighted by molar-refractivity contribution is -0.408. The predicted molar refractivity (Wildman–Crippen MR) is 25.7 cm³/mol. The molecule has 0 bridgehead atoms. The van der Waals surface area contributed by atoms with Crippen LogP contribution in [0.1, 0.15) is 12.8 Å². The van der Waals surface area contributed by atoms with Crippen molar-refractivity contribution in [3.05, 3.63) is 0 Å². The van der Waals surface area contributed by atoms with Gasteiger partial charge in [0, 0.05) is 6.61 Å². The molecule has 1 saturated heterocycles. The van der Waals surface area contributed by atoms with Crippen LogP contribution in [0.5, 0.6) is 0 Å². The van der Waals surface area contributed by atoms with Crippen LogP contribution >= 0.6 is 0 Å². The highest BCUT2D eigenvalue weighted by atomic mass is 28.4. The molecule has 0 aromatic rings. The fourth-order valence-corrected chi connectivity index (χ4v) is 2.03. The molecule has 0 aromatic heterocycles. The van der Waals surface area contributed by atoms with Crippen LogP contribution in [0.4, 0.5) is 0 Å². The van der Waals surface area contributed by atoms with E-state index in [1.807, 2.05) is 0 Å². The topological polar surface area (TPSA) is 55.3 Å². The van der Waals surface area contributed by atoms with Gasteiger partial charge in [-0.2, -0.15) is 0 Å². The van der Waals surface area contributed by atoms with E-state index in [9.17, 15) is 9.59 Å². The first-order valence-electron chi connectivity index (χ1n) is 2.75. The first-order valence-corrected chi connectivity index (χ1v) is 4.69. The third-order valence-corrected chi connectivity index (χ3v) is 2.81. The molecule has 3 nitrogen and oxygen atoms in total. The average molecular weight is 132 g/mol. The molecule has 0 radical (unpaired) electrons. The third kappa shape index (κ3) is 1.55. The smallest absolute Gasteiger partial charge is 0.0301 e. The Morgan fingerprint density at radius 2 is 2.00 bits per heavy atom. The molecule has 1 heterocycles. The molecule has 0 atom stereocenters. The zero-order chi connectivity index (χ0) is 6.04. The van der Waals surface area contributed by atoms with Crippen molar-refractivity contribution in [2.45, 2.75) is 18.9 Å². The Bertz CT molecular complexity index is 75.4. The van der Waals surface area contributed by atoms with Gasteiger partial charge in [0.05, 0.1) is 0 Å². The van der Waals surface area contributed by atoms with E-state index in [1.54, 1.807) is 0 Å². The highest BCUT2D eigenvalue weighted by Crippen LogP contribution is 2.10. The van der Waals surface area contributed by atoms with Crippen LogP contribution < -0.4 is 9.59 Å². The summed E-state index contributed by atoms with van der Waals surface area (Å²) in [6.45, 7) is 0.402. The second kappa shape index (κ2) is 2.14. The fraction of sp³-hybridized carbons (Fsp3) is 1.00. The van der Waals surface area contributed by atoms with Crippen LogP contribution in [0.2, 0.25) is 6.04 Å². The molecule has 1 rings (SSSR count). The van der Waals surface area contributed by atoms with Gasteiger partial charge in [-0.25, -0.2) is 0 Å². The monoisotopic (exact) mass is 132 g/mol. The standard InChI is InChI=1S/C4H8O3Si/c5-8(6)4-2-1-3-7-8/h1-4H2/q-2. The van der Waals surface area contributed by atoms with E-state index in [0.29, 0.717) is 6.61 Å². The fourth-order valence-electron chi connectivity index (χ4n) is 0.743. The van der Waals surface area contributed by atoms with Crippen LogP contribution in [-0.4, -0.2) is 15.4 Å². The second-order valence-corrected chi connectivity index (χ2v) is 4.14. The Labute approximate surface area is 49.3 Å². The van der Waals surface area contributed by atoms with Crippen LogP contribution in [0, 0.1) is 0 Å². The lowest BCUT2D eigenvalue weighted by Gasteiger charge is -2.48. The van der Waals surface area contributed by atoms with Crippen molar-refractivity contribution in [3.63, 3.8) is 0 Å². The molecular formula is C4H8O3Si-2. The van der Waals surface area contributed by atoms with Crippen molar-refractivity contribution >= 4 is 8.80 Å². The van der Waals surface area contributed by atoms with E-state index in [2.05, 4.69) is 4.43 Å². The summed E-state index contributed by atoms with van der Waals surface area (Å²) in [4.78, 5) is 21.0. The SMILES string of the molecule is [O-][Si]1([O-])CCCCO1. The van der Waals surface area contributed by atoms with Gasteiger partial charge in [-0.15, -0.1) is 0 Å². The van der Waals surface area contributed by atoms with E-state index in [-0.39, 0.29) is 6.04 Å². The summed E-state index contributed by atoms with van der Waals surface area (Å²) < 4.78 is 4.49. The lowest BCUT2D eigenvalue weighted by atomic mass is 10.4. The zero-order valence-electron chi connectivity index (χ0n) is 4.55. The van der Waals surface area contributed by atoms with E-state index in [0.717, 1.165) is 12.8 Å². The first kappa shape index (κ1) is 6.22. The highest BCUT2D eigenvalue weighted by molar-refractivity contribution is 6.54. The molecule has 1 fully saturated rings. The van der Waals surface area contributed by atoms with Crippen molar-refractivity contribution in [2.75, 3.05) is 6.61 Å². The third-order valence-electron chi connectivity index (χ3n) is 1.20. The molecule has 0 N–H and O–H groups in total. The quantitative estimate of drug-likeness (QED) is 0.375. The molecule has 0 unspecified atom stereocenters. The summed E-state index contributed by atoms with van der Waals surface area (Å²) in [6, 6.07) is 0.257. The molecule has 8 heavy (non-hydrogen) atoms. The Kier molecular flexibility index (Phi) is 1.67. The normalized spacial score (nSPS) is 27.8. The van der Waals surface area contributed by atoms with Gasteiger partial charge < -0.3 is 14.0 Å². The Morgan fingerprint density at radius 1 is 1.25 bits per heavy atom. The van der Waals surface area contributed by atoms with Gasteiger partial charge in [-0.3, -0.25) is 0 Å². The highest BCUT2D eigenvalue weighted by Gasteiger charge is 2.08. The molecule has 4 heteroatoms. The van der Waals surface area contributed by atoms with Gasteiger partial charge >= 0.3 is 0 Å². The number of rotatable bonds is 0. The molecule has 0 aromatic carbocycles. The van der Waals surface area contributed by atoms with Gasteiger partial charge in [-0.05, 0) is 15.2 Å². The van der Waals surface area contributed by atoms with Gasteiger partial charge in [-0.1, -0.05) is 12.5 Å². The van der Waals surface area contributed by atoms with Crippen LogP contribution in [0.15, 0.2) is 0 Å². The Balaban J connectivity index is 2.33. The van der Waals surface area contributed by atoms with Crippen molar-refractivity contribution in [1.82, 2.24) is 0 Å². The lowest BCUT2D eigenvalue weighted by Crippen LogP contribution is -2.66. The van der Waals surface area contributed by atoms with E-state index >= 15 is 0 Å². The first-order chi connectivity index (χ1) is 3.71. The van der Waals surface area contributed by atoms with Crippen molar-refractivity contribution in [2.24, 2.45) is 0 Å². The van der Waals surface area contributed by atoms with E-state index < -0.39 is 8.80 Å². The summed E-state index contributed by atoms with van der Waals surface area (Å²) in [7, 11) is -3.59. The molecule has 0 amide bonds. The molecule has 1 aliphatic heterocycles. The van der Waals surface area contributed by atoms with Crippen molar-refractivity contribution < 1.29 is 14.0 Å². The Morgan fingerprint density at radius 3 is 2.25 bits per heavy atom. The van der Waals surface area contributed by atoms with E-state index in [4.69, 9.17) is 0 Å². The average Bonchev–Trinajstić information content (AvgIpc) is 1.65. The minimum Gasteiger partial charge on any atom is -0.849 e. The summed E-state index contributed by atoms with van der Waals surface area (Å²) in [5.41, 5.74) is 0. The van der Waals surface area contributed by atoms with E-state index in [1.165, 1.54) is 0 Å². The maximum atomic E-state index is 10.5. The number of hydrogen-bond acceptors (Lipinski definition) is 3. The molecule has 0 aliphatic carbocycles. The zero-order valence-corrected chi connectivity index (χ0v) is 5.55. The summed E-state index contributed by atoms with van der Waals surface area (Å²) in [6.07, 6.45) is 1.67. The van der Waals surface area contributed by atoms with Gasteiger partial charge in [0.15, 0.2) is 0 Å². The van der Waals surface area contributed by atoms with Crippen LogP contribution in [0.25, 0.3) is 0 Å². The van der Waals surface area contributed by atoms with Gasteiger partial charge in [0.1, 0.15) is 0 Å². The van der Waals surface area contributed by atoms with Crippen molar-refractivity contribution in [3.8, 4) is 0 Å². The minimum atomic E-state index is -3.59. The maximum Gasteiger partial charge on any atom is 0.0301 e. The minimum absolute atomic E-state index is 0.257. The summed E-state index contributed by atoms with van der Waals surface area (Å²) in [5, 5.41) is 0.